The summed E-state index contributed by atoms with van der Waals surface area (Å²) in [6, 6.07) is 6.77. The fraction of sp³-hybridized carbons (Fsp3) is 0.333. The number of carbonyl (C=O) groups excluding carboxylic acids is 2. The van der Waals surface area contributed by atoms with Gasteiger partial charge in [0.25, 0.3) is 0 Å². The smallest absolute Gasteiger partial charge is 0.328 e. The Morgan fingerprint density at radius 3 is 2.67 bits per heavy atom. The molecule has 5 nitrogen and oxygen atoms in total. The molecule has 1 aromatic rings. The van der Waals surface area contributed by atoms with Crippen molar-refractivity contribution in [2.24, 2.45) is 0 Å². The average Bonchev–Trinajstić information content (AvgIpc) is 2.87. The third kappa shape index (κ3) is 3.92. The molecule has 0 bridgehead atoms. The van der Waals surface area contributed by atoms with Gasteiger partial charge in [0, 0.05) is 23.5 Å². The van der Waals surface area contributed by atoms with E-state index in [1.54, 1.807) is 6.08 Å². The predicted octanol–water partition coefficient (Wildman–Crippen LogP) is 1.60. The number of aliphatic hydroxyl groups is 1. The van der Waals surface area contributed by atoms with Gasteiger partial charge in [-0.1, -0.05) is 28.1 Å². The Morgan fingerprint density at radius 2 is 2.05 bits per heavy atom. The fourth-order valence-electron chi connectivity index (χ4n) is 2.25. The molecule has 1 aliphatic rings. The lowest BCUT2D eigenvalue weighted by Gasteiger charge is -2.20. The van der Waals surface area contributed by atoms with Crippen molar-refractivity contribution in [3.63, 3.8) is 0 Å². The lowest BCUT2D eigenvalue weighted by molar-refractivity contribution is -0.149. The van der Waals surface area contributed by atoms with Crippen LogP contribution in [-0.4, -0.2) is 47.7 Å². The van der Waals surface area contributed by atoms with Crippen molar-refractivity contribution in [3.05, 3.63) is 40.4 Å². The molecule has 1 saturated heterocycles. The zero-order chi connectivity index (χ0) is 15.4. The number of halogens is 1. The van der Waals surface area contributed by atoms with Gasteiger partial charge in [-0.3, -0.25) is 4.79 Å². The van der Waals surface area contributed by atoms with E-state index in [0.29, 0.717) is 0 Å². The number of aliphatic hydroxyl groups excluding tert-OH is 1. The lowest BCUT2D eigenvalue weighted by atomic mass is 10.2. The van der Waals surface area contributed by atoms with Crippen LogP contribution in [0.15, 0.2) is 34.8 Å². The van der Waals surface area contributed by atoms with Gasteiger partial charge in [0.05, 0.1) is 13.2 Å². The molecule has 0 radical (unpaired) electrons. The normalized spacial score (nSPS) is 21.8. The molecule has 0 saturated carbocycles. The molecule has 0 spiro atoms. The van der Waals surface area contributed by atoms with Gasteiger partial charge in [0.15, 0.2) is 0 Å². The molecule has 1 fully saturated rings. The Hall–Kier alpha value is -1.66. The summed E-state index contributed by atoms with van der Waals surface area (Å²) in [6.07, 6.45) is 2.59. The second-order valence-electron chi connectivity index (χ2n) is 4.80. The summed E-state index contributed by atoms with van der Waals surface area (Å²) in [5.41, 5.74) is 0.876. The van der Waals surface area contributed by atoms with Crippen molar-refractivity contribution in [2.45, 2.75) is 18.6 Å². The molecule has 1 heterocycles. The van der Waals surface area contributed by atoms with Gasteiger partial charge in [-0.2, -0.15) is 0 Å². The van der Waals surface area contributed by atoms with E-state index in [-0.39, 0.29) is 18.9 Å². The number of amides is 1. The van der Waals surface area contributed by atoms with Crippen molar-refractivity contribution in [1.82, 2.24) is 4.90 Å². The van der Waals surface area contributed by atoms with Crippen molar-refractivity contribution >= 4 is 33.9 Å². The highest BCUT2D eigenvalue weighted by Gasteiger charge is 2.38. The summed E-state index contributed by atoms with van der Waals surface area (Å²) < 4.78 is 5.62. The summed E-state index contributed by atoms with van der Waals surface area (Å²) in [6.45, 7) is 0.142. The van der Waals surface area contributed by atoms with Crippen LogP contribution < -0.4 is 0 Å². The maximum absolute atomic E-state index is 12.2. The number of nitrogens with zero attached hydrogens (tertiary/aromatic N) is 1. The van der Waals surface area contributed by atoms with Gasteiger partial charge >= 0.3 is 5.97 Å². The molecule has 0 aliphatic carbocycles. The van der Waals surface area contributed by atoms with Gasteiger partial charge in [-0.15, -0.1) is 0 Å². The van der Waals surface area contributed by atoms with E-state index in [4.69, 9.17) is 0 Å². The minimum absolute atomic E-state index is 0.142. The second-order valence-corrected chi connectivity index (χ2v) is 5.72. The van der Waals surface area contributed by atoms with Crippen LogP contribution in [0.3, 0.4) is 0 Å². The number of benzene rings is 1. The minimum Gasteiger partial charge on any atom is -0.467 e. The molecule has 1 N–H and O–H groups in total. The number of β-amino-alcohol motifs (C(OH)–C–C–N with tert-alkyl or cyclic N) is 1. The number of ether oxygens (including phenoxy) is 1. The van der Waals surface area contributed by atoms with Gasteiger partial charge < -0.3 is 14.7 Å². The first-order chi connectivity index (χ1) is 10.0. The van der Waals surface area contributed by atoms with Crippen LogP contribution >= 0.6 is 15.9 Å². The molecular weight excluding hydrogens is 338 g/mol. The quantitative estimate of drug-likeness (QED) is 0.662. The summed E-state index contributed by atoms with van der Waals surface area (Å²) >= 11 is 3.34. The van der Waals surface area contributed by atoms with Crippen molar-refractivity contribution < 1.29 is 19.4 Å². The monoisotopic (exact) mass is 353 g/mol. The zero-order valence-electron chi connectivity index (χ0n) is 11.5. The number of likely N-dealkylation sites (tertiary alicyclic amines) is 1. The first kappa shape index (κ1) is 15.7. The number of carbonyl (C=O) groups is 2. The molecule has 0 aromatic heterocycles. The third-order valence-electron chi connectivity index (χ3n) is 3.32. The van der Waals surface area contributed by atoms with Gasteiger partial charge in [-0.25, -0.2) is 4.79 Å². The fourth-order valence-corrected chi connectivity index (χ4v) is 2.52. The Bertz CT molecular complexity index is 555. The molecular formula is C15H16BrNO4. The minimum atomic E-state index is -0.716. The number of esters is 1. The largest absolute Gasteiger partial charge is 0.467 e. The van der Waals surface area contributed by atoms with Crippen molar-refractivity contribution in [1.29, 1.82) is 0 Å². The summed E-state index contributed by atoms with van der Waals surface area (Å²) in [5.74, 6) is -0.818. The number of methoxy groups -OCH3 is 1. The van der Waals surface area contributed by atoms with Crippen LogP contribution in [0.5, 0.6) is 0 Å². The topological polar surface area (TPSA) is 66.8 Å². The second kappa shape index (κ2) is 6.87. The van der Waals surface area contributed by atoms with E-state index in [2.05, 4.69) is 20.7 Å². The molecule has 2 atom stereocenters. The summed E-state index contributed by atoms with van der Waals surface area (Å²) in [7, 11) is 1.27. The average molecular weight is 354 g/mol. The number of hydrogen-bond acceptors (Lipinski definition) is 4. The van der Waals surface area contributed by atoms with E-state index in [9.17, 15) is 14.7 Å². The van der Waals surface area contributed by atoms with Crippen LogP contribution in [0, 0.1) is 0 Å². The molecule has 2 unspecified atom stereocenters. The SMILES string of the molecule is COC(=O)C1CC(O)CN1C(=O)/C=C/c1ccc(Br)cc1. The van der Waals surface area contributed by atoms with Crippen molar-refractivity contribution in [3.8, 4) is 0 Å². The third-order valence-corrected chi connectivity index (χ3v) is 3.85. The molecule has 1 aliphatic heterocycles. The first-order valence-electron chi connectivity index (χ1n) is 6.51. The highest BCUT2D eigenvalue weighted by Crippen LogP contribution is 2.20. The maximum atomic E-state index is 12.2. The number of hydrogen-bond donors (Lipinski definition) is 1. The van der Waals surface area contributed by atoms with Gasteiger partial charge in [-0.05, 0) is 23.8 Å². The van der Waals surface area contributed by atoms with Crippen LogP contribution in [0.2, 0.25) is 0 Å². The molecule has 1 aromatic carbocycles. The molecule has 6 heteroatoms. The van der Waals surface area contributed by atoms with E-state index in [0.717, 1.165) is 10.0 Å². The van der Waals surface area contributed by atoms with E-state index >= 15 is 0 Å². The maximum Gasteiger partial charge on any atom is 0.328 e. The Balaban J connectivity index is 2.08. The molecule has 112 valence electrons. The molecule has 2 rings (SSSR count). The number of rotatable bonds is 3. The van der Waals surface area contributed by atoms with E-state index in [1.807, 2.05) is 24.3 Å². The van der Waals surface area contributed by atoms with E-state index < -0.39 is 18.1 Å². The van der Waals surface area contributed by atoms with Gasteiger partial charge in [0.1, 0.15) is 6.04 Å². The predicted molar refractivity (Wildman–Crippen MR) is 81.3 cm³/mol. The Labute approximate surface area is 131 Å². The van der Waals surface area contributed by atoms with Crippen LogP contribution in [-0.2, 0) is 14.3 Å². The summed E-state index contributed by atoms with van der Waals surface area (Å²) in [5, 5.41) is 9.65. The highest BCUT2D eigenvalue weighted by molar-refractivity contribution is 9.10. The highest BCUT2D eigenvalue weighted by atomic mass is 79.9. The Kier molecular flexibility index (Phi) is 5.14. The summed E-state index contributed by atoms with van der Waals surface area (Å²) in [4.78, 5) is 25.1. The molecule has 1 amide bonds. The van der Waals surface area contributed by atoms with Crippen LogP contribution in [0.1, 0.15) is 12.0 Å². The molecule has 21 heavy (non-hydrogen) atoms. The van der Waals surface area contributed by atoms with Crippen LogP contribution in [0.25, 0.3) is 6.08 Å². The lowest BCUT2D eigenvalue weighted by Crippen LogP contribution is -2.40. The standard InChI is InChI=1S/C15H16BrNO4/c1-21-15(20)13-8-12(18)9-17(13)14(19)7-4-10-2-5-11(16)6-3-10/h2-7,12-13,18H,8-9H2,1H3/b7-4+. The first-order valence-corrected chi connectivity index (χ1v) is 7.30. The van der Waals surface area contributed by atoms with Gasteiger partial charge in [0.2, 0.25) is 5.91 Å². The van der Waals surface area contributed by atoms with Crippen LogP contribution in [0.4, 0.5) is 0 Å². The van der Waals surface area contributed by atoms with E-state index in [1.165, 1.54) is 18.1 Å². The Morgan fingerprint density at radius 1 is 1.38 bits per heavy atom. The zero-order valence-corrected chi connectivity index (χ0v) is 13.1. The van der Waals surface area contributed by atoms with Crippen molar-refractivity contribution in [2.75, 3.05) is 13.7 Å².